The maximum absolute atomic E-state index is 9.34. The fourth-order valence-electron chi connectivity index (χ4n) is 6.83. The Morgan fingerprint density at radius 3 is 2.72 bits per heavy atom. The van der Waals surface area contributed by atoms with E-state index in [1.54, 1.807) is 18.5 Å². The number of nitrogens with one attached hydrogen (secondary N) is 1. The van der Waals surface area contributed by atoms with Crippen LogP contribution in [0.5, 0.6) is 11.5 Å². The number of likely N-dealkylation sites (tertiary alicyclic amines) is 1. The highest BCUT2D eigenvalue weighted by atomic mass is 35.5. The van der Waals surface area contributed by atoms with Crippen LogP contribution < -0.4 is 14.8 Å². The first kappa shape index (κ1) is 33.7. The maximum atomic E-state index is 9.34. The van der Waals surface area contributed by atoms with Crippen LogP contribution in [0.2, 0.25) is 5.02 Å². The summed E-state index contributed by atoms with van der Waals surface area (Å²) in [5.74, 6) is 1.28. The van der Waals surface area contributed by atoms with Crippen molar-refractivity contribution < 1.29 is 9.47 Å². The van der Waals surface area contributed by atoms with E-state index < -0.39 is 0 Å². The van der Waals surface area contributed by atoms with Gasteiger partial charge in [-0.25, -0.2) is 4.98 Å². The van der Waals surface area contributed by atoms with Crippen LogP contribution in [0.1, 0.15) is 66.1 Å². The van der Waals surface area contributed by atoms with Gasteiger partial charge in [0, 0.05) is 48.7 Å². The summed E-state index contributed by atoms with van der Waals surface area (Å²) in [4.78, 5) is 16.4. The number of hydrogen-bond acceptors (Lipinski definition) is 8. The monoisotopic (exact) mass is 684 g/mol. The Kier molecular flexibility index (Phi) is 10.4. The molecule has 4 heterocycles. The van der Waals surface area contributed by atoms with E-state index in [0.717, 1.165) is 82.7 Å². The molecule has 8 nitrogen and oxygen atoms in total. The fraction of sp³-hybridized carbons (Fsp3) is 0.317. The van der Waals surface area contributed by atoms with E-state index in [1.165, 1.54) is 24.8 Å². The van der Waals surface area contributed by atoms with Gasteiger partial charge in [-0.3, -0.25) is 14.9 Å². The highest BCUT2D eigenvalue weighted by molar-refractivity contribution is 6.32. The molecule has 50 heavy (non-hydrogen) atoms. The lowest BCUT2D eigenvalue weighted by Gasteiger charge is -2.33. The maximum Gasteiger partial charge on any atom is 0.142 e. The summed E-state index contributed by atoms with van der Waals surface area (Å²) in [5, 5.41) is 13.3. The molecule has 0 bridgehead atoms. The average Bonchev–Trinajstić information content (AvgIpc) is 3.15. The van der Waals surface area contributed by atoms with Gasteiger partial charge in [-0.15, -0.1) is 0 Å². The quantitative estimate of drug-likeness (QED) is 0.157. The van der Waals surface area contributed by atoms with Crippen LogP contribution in [0.25, 0.3) is 27.7 Å². The van der Waals surface area contributed by atoms with E-state index >= 15 is 0 Å². The standard InChI is InChI=1S/C41H41ClN6O2/c1-27-7-3-4-14-48(27)24-34-16-36(42)41(18-40(34)49-25-30-15-29(19-43)20-45-21-30)50-26-33-8-5-10-35(28(33)2)31-11-12-37-38(17-31)47-39(23-46-37)32-9-6-13-44-22-32/h5,8-12,15-18,20-21,23,27,44H,3-4,6-7,13-14,22,24-26H2,1-2H3/t27-/m1/s1. The fourth-order valence-corrected chi connectivity index (χ4v) is 7.07. The number of rotatable bonds is 10. The molecule has 0 saturated carbocycles. The molecule has 2 aromatic heterocycles. The molecule has 1 N–H and O–H groups in total. The number of benzene rings is 3. The van der Waals surface area contributed by atoms with Gasteiger partial charge in [-0.05, 0) is 98.3 Å². The molecule has 0 spiro atoms. The Labute approximate surface area is 298 Å². The van der Waals surface area contributed by atoms with Crippen molar-refractivity contribution in [2.24, 2.45) is 0 Å². The van der Waals surface area contributed by atoms with Crippen LogP contribution >= 0.6 is 11.6 Å². The highest BCUT2D eigenvalue weighted by Crippen LogP contribution is 2.36. The molecule has 0 unspecified atom stereocenters. The largest absolute Gasteiger partial charge is 0.488 e. The van der Waals surface area contributed by atoms with Crippen molar-refractivity contribution in [3.05, 3.63) is 118 Å². The SMILES string of the molecule is Cc1c(COc2cc(OCc3cncc(C#N)c3)c(CN3CCCC[C@H]3C)cc2Cl)cccc1-c1ccc2ncc(C3=CCCNC3)nc2c1. The van der Waals surface area contributed by atoms with Crippen LogP contribution in [0, 0.1) is 18.3 Å². The molecule has 1 fully saturated rings. The van der Waals surface area contributed by atoms with Gasteiger partial charge in [0.15, 0.2) is 0 Å². The Hall–Kier alpha value is -4.81. The van der Waals surface area contributed by atoms with Crippen LogP contribution in [0.3, 0.4) is 0 Å². The van der Waals surface area contributed by atoms with Gasteiger partial charge in [-0.1, -0.05) is 48.4 Å². The van der Waals surface area contributed by atoms with Crippen molar-refractivity contribution >= 4 is 28.2 Å². The normalized spacial score (nSPS) is 16.5. The van der Waals surface area contributed by atoms with Crippen molar-refractivity contribution in [1.82, 2.24) is 25.2 Å². The minimum atomic E-state index is 0.277. The van der Waals surface area contributed by atoms with Crippen molar-refractivity contribution in [1.29, 1.82) is 5.26 Å². The third-order valence-electron chi connectivity index (χ3n) is 9.79. The topological polar surface area (TPSA) is 96.2 Å². The molecule has 2 aliphatic rings. The van der Waals surface area contributed by atoms with Crippen molar-refractivity contribution in [2.75, 3.05) is 19.6 Å². The van der Waals surface area contributed by atoms with Gasteiger partial charge in [0.05, 0.1) is 33.5 Å². The van der Waals surface area contributed by atoms with E-state index in [2.05, 4.69) is 71.5 Å². The third kappa shape index (κ3) is 7.66. The van der Waals surface area contributed by atoms with Gasteiger partial charge in [0.1, 0.15) is 30.8 Å². The summed E-state index contributed by atoms with van der Waals surface area (Å²) in [6.07, 6.45) is 12.0. The number of halogens is 1. The van der Waals surface area contributed by atoms with Crippen molar-refractivity contribution in [2.45, 2.75) is 65.3 Å². The molecule has 254 valence electrons. The van der Waals surface area contributed by atoms with Gasteiger partial charge in [-0.2, -0.15) is 5.26 Å². The molecule has 7 rings (SSSR count). The predicted octanol–water partition coefficient (Wildman–Crippen LogP) is 8.43. The van der Waals surface area contributed by atoms with E-state index in [1.807, 2.05) is 24.4 Å². The molecular formula is C41H41ClN6O2. The third-order valence-corrected chi connectivity index (χ3v) is 10.1. The second kappa shape index (κ2) is 15.4. The van der Waals surface area contributed by atoms with Crippen LogP contribution in [-0.2, 0) is 19.8 Å². The summed E-state index contributed by atoms with van der Waals surface area (Å²) < 4.78 is 12.8. The minimum Gasteiger partial charge on any atom is -0.488 e. The van der Waals surface area contributed by atoms with Crippen LogP contribution in [-0.4, -0.2) is 45.5 Å². The van der Waals surface area contributed by atoms with E-state index in [9.17, 15) is 5.26 Å². The summed E-state index contributed by atoms with van der Waals surface area (Å²) in [5.41, 5.74) is 10.6. The minimum absolute atomic E-state index is 0.277. The number of nitrogens with zero attached hydrogens (tertiary/aromatic N) is 5. The summed E-state index contributed by atoms with van der Waals surface area (Å²) in [6, 6.07) is 20.9. The summed E-state index contributed by atoms with van der Waals surface area (Å²) >= 11 is 6.90. The number of ether oxygens (including phenoxy) is 2. The lowest BCUT2D eigenvalue weighted by Crippen LogP contribution is -2.36. The van der Waals surface area contributed by atoms with Gasteiger partial charge >= 0.3 is 0 Å². The molecule has 0 aliphatic carbocycles. The number of pyridine rings is 1. The molecule has 0 amide bonds. The Morgan fingerprint density at radius 1 is 0.980 bits per heavy atom. The second-order valence-electron chi connectivity index (χ2n) is 13.2. The first-order valence-corrected chi connectivity index (χ1v) is 17.7. The van der Waals surface area contributed by atoms with E-state index in [-0.39, 0.29) is 6.61 Å². The molecule has 0 radical (unpaired) electrons. The van der Waals surface area contributed by atoms with Gasteiger partial charge < -0.3 is 14.8 Å². The first-order chi connectivity index (χ1) is 24.4. The smallest absolute Gasteiger partial charge is 0.142 e. The van der Waals surface area contributed by atoms with Crippen molar-refractivity contribution in [3.8, 4) is 28.7 Å². The number of aromatic nitrogens is 3. The molecule has 1 atom stereocenters. The Balaban J connectivity index is 1.13. The molecule has 2 aliphatic heterocycles. The van der Waals surface area contributed by atoms with Crippen LogP contribution in [0.4, 0.5) is 0 Å². The number of nitriles is 1. The molecule has 1 saturated heterocycles. The first-order valence-electron chi connectivity index (χ1n) is 17.4. The predicted molar refractivity (Wildman–Crippen MR) is 198 cm³/mol. The van der Waals surface area contributed by atoms with E-state index in [4.69, 9.17) is 31.0 Å². The van der Waals surface area contributed by atoms with Crippen LogP contribution in [0.15, 0.2) is 79.3 Å². The lowest BCUT2D eigenvalue weighted by molar-refractivity contribution is 0.150. The molecular weight excluding hydrogens is 644 g/mol. The molecule has 5 aromatic rings. The zero-order chi connectivity index (χ0) is 34.5. The summed E-state index contributed by atoms with van der Waals surface area (Å²) in [7, 11) is 0. The number of fused-ring (bicyclic) bond motifs is 1. The number of hydrogen-bond donors (Lipinski definition) is 1. The molecule has 3 aromatic carbocycles. The average molecular weight is 685 g/mol. The van der Waals surface area contributed by atoms with Gasteiger partial charge in [0.2, 0.25) is 0 Å². The second-order valence-corrected chi connectivity index (χ2v) is 13.6. The zero-order valence-electron chi connectivity index (χ0n) is 28.6. The Morgan fingerprint density at radius 2 is 1.88 bits per heavy atom. The lowest BCUT2D eigenvalue weighted by atomic mass is 9.96. The number of piperidine rings is 1. The molecule has 9 heteroatoms. The van der Waals surface area contributed by atoms with Gasteiger partial charge in [0.25, 0.3) is 0 Å². The van der Waals surface area contributed by atoms with E-state index in [0.29, 0.717) is 34.7 Å². The summed E-state index contributed by atoms with van der Waals surface area (Å²) in [6.45, 7) is 8.61. The Bertz CT molecular complexity index is 2090. The van der Waals surface area contributed by atoms with Crippen molar-refractivity contribution in [3.63, 3.8) is 0 Å². The zero-order valence-corrected chi connectivity index (χ0v) is 29.3. The highest BCUT2D eigenvalue weighted by Gasteiger charge is 2.22.